The van der Waals surface area contributed by atoms with Crippen LogP contribution in [0.25, 0.3) is 0 Å². The summed E-state index contributed by atoms with van der Waals surface area (Å²) in [5, 5.41) is 11.5. The smallest absolute Gasteiger partial charge is 0.188 e. The van der Waals surface area contributed by atoms with E-state index >= 15 is 0 Å². The van der Waals surface area contributed by atoms with E-state index in [0.29, 0.717) is 18.3 Å². The first-order valence-electron chi connectivity index (χ1n) is 6.33. The van der Waals surface area contributed by atoms with Crippen molar-refractivity contribution in [1.29, 1.82) is 0 Å². The highest BCUT2D eigenvalue weighted by atomic mass is 16.5. The molecule has 1 aromatic heterocycles. The lowest BCUT2D eigenvalue weighted by molar-refractivity contribution is 0.203. The van der Waals surface area contributed by atoms with Crippen LogP contribution in [0.1, 0.15) is 26.0 Å². The van der Waals surface area contributed by atoms with Crippen molar-refractivity contribution in [1.82, 2.24) is 4.98 Å². The first-order valence-corrected chi connectivity index (χ1v) is 6.33. The van der Waals surface area contributed by atoms with Crippen molar-refractivity contribution in [2.75, 3.05) is 25.2 Å². The van der Waals surface area contributed by atoms with Gasteiger partial charge in [0.25, 0.3) is 0 Å². The number of hydrogen-bond acceptors (Lipinski definition) is 5. The standard InChI is InChI=1S/C13H22N4O2/c1-4-10(2)17(7-8-19-3)11-5-6-12(15-9-11)13(14)16-18/h5-6,9-10,18H,4,7-8H2,1-3H3,(H2,14,16). The summed E-state index contributed by atoms with van der Waals surface area (Å²) in [5.74, 6) is 0.0125. The maximum atomic E-state index is 8.61. The van der Waals surface area contributed by atoms with E-state index in [2.05, 4.69) is 28.9 Å². The Kier molecular flexibility index (Phi) is 6.08. The van der Waals surface area contributed by atoms with Crippen LogP contribution in [0.3, 0.4) is 0 Å². The van der Waals surface area contributed by atoms with Crippen LogP contribution < -0.4 is 10.6 Å². The number of nitrogens with zero attached hydrogens (tertiary/aromatic N) is 3. The second-order valence-electron chi connectivity index (χ2n) is 4.33. The molecule has 0 bridgehead atoms. The monoisotopic (exact) mass is 266 g/mol. The first-order chi connectivity index (χ1) is 9.13. The summed E-state index contributed by atoms with van der Waals surface area (Å²) in [6, 6.07) is 4.06. The van der Waals surface area contributed by atoms with Crippen molar-refractivity contribution in [3.05, 3.63) is 24.0 Å². The van der Waals surface area contributed by atoms with Crippen LogP contribution in [-0.4, -0.2) is 42.3 Å². The molecular weight excluding hydrogens is 244 g/mol. The molecule has 1 rings (SSSR count). The summed E-state index contributed by atoms with van der Waals surface area (Å²) < 4.78 is 5.13. The fourth-order valence-corrected chi connectivity index (χ4v) is 1.77. The lowest BCUT2D eigenvalue weighted by Crippen LogP contribution is -2.35. The number of pyridine rings is 1. The van der Waals surface area contributed by atoms with Crippen LogP contribution in [0.4, 0.5) is 5.69 Å². The number of ether oxygens (including phenoxy) is 1. The van der Waals surface area contributed by atoms with E-state index in [4.69, 9.17) is 15.7 Å². The third-order valence-corrected chi connectivity index (χ3v) is 3.11. The molecule has 0 amide bonds. The molecule has 0 aliphatic rings. The Labute approximate surface area is 113 Å². The van der Waals surface area contributed by atoms with Crippen LogP contribution in [0.2, 0.25) is 0 Å². The van der Waals surface area contributed by atoms with Crippen molar-refractivity contribution < 1.29 is 9.94 Å². The summed E-state index contributed by atoms with van der Waals surface area (Å²) in [7, 11) is 1.69. The highest BCUT2D eigenvalue weighted by Gasteiger charge is 2.13. The minimum absolute atomic E-state index is 0.0125. The number of aromatic nitrogens is 1. The topological polar surface area (TPSA) is 84.0 Å². The first kappa shape index (κ1) is 15.2. The van der Waals surface area contributed by atoms with E-state index in [9.17, 15) is 0 Å². The highest BCUT2D eigenvalue weighted by molar-refractivity contribution is 5.95. The zero-order chi connectivity index (χ0) is 14.3. The zero-order valence-electron chi connectivity index (χ0n) is 11.7. The number of amidine groups is 1. The van der Waals surface area contributed by atoms with E-state index in [1.165, 1.54) is 0 Å². The molecule has 6 nitrogen and oxygen atoms in total. The molecule has 6 heteroatoms. The van der Waals surface area contributed by atoms with Gasteiger partial charge in [-0.1, -0.05) is 12.1 Å². The van der Waals surface area contributed by atoms with Crippen LogP contribution in [-0.2, 0) is 4.74 Å². The fraction of sp³-hybridized carbons (Fsp3) is 0.538. The second kappa shape index (κ2) is 7.58. The van der Waals surface area contributed by atoms with E-state index < -0.39 is 0 Å². The Balaban J connectivity index is 2.90. The van der Waals surface area contributed by atoms with Gasteiger partial charge in [0.15, 0.2) is 5.84 Å². The van der Waals surface area contributed by atoms with Gasteiger partial charge in [-0.15, -0.1) is 0 Å². The van der Waals surface area contributed by atoms with Gasteiger partial charge in [-0.2, -0.15) is 0 Å². The van der Waals surface area contributed by atoms with E-state index in [1.807, 2.05) is 6.07 Å². The number of rotatable bonds is 7. The Hall–Kier alpha value is -1.82. The molecule has 0 aliphatic heterocycles. The maximum absolute atomic E-state index is 8.61. The molecule has 106 valence electrons. The minimum atomic E-state index is 0.0125. The third-order valence-electron chi connectivity index (χ3n) is 3.11. The van der Waals surface area contributed by atoms with Crippen LogP contribution in [0.15, 0.2) is 23.5 Å². The minimum Gasteiger partial charge on any atom is -0.409 e. The second-order valence-corrected chi connectivity index (χ2v) is 4.33. The average Bonchev–Trinajstić information content (AvgIpc) is 2.47. The molecule has 0 radical (unpaired) electrons. The van der Waals surface area contributed by atoms with Crippen molar-refractivity contribution in [3.8, 4) is 0 Å². The van der Waals surface area contributed by atoms with Gasteiger partial charge in [-0.05, 0) is 25.5 Å². The van der Waals surface area contributed by atoms with Gasteiger partial charge in [0, 0.05) is 19.7 Å². The Morgan fingerprint density at radius 3 is 2.79 bits per heavy atom. The lowest BCUT2D eigenvalue weighted by atomic mass is 10.2. The molecule has 3 N–H and O–H groups in total. The number of anilines is 1. The number of hydrogen-bond donors (Lipinski definition) is 2. The Bertz CT molecular complexity index is 406. The summed E-state index contributed by atoms with van der Waals surface area (Å²) in [6.45, 7) is 5.76. The quantitative estimate of drug-likeness (QED) is 0.337. The Morgan fingerprint density at radius 2 is 2.32 bits per heavy atom. The van der Waals surface area contributed by atoms with Crippen LogP contribution >= 0.6 is 0 Å². The molecular formula is C13H22N4O2. The van der Waals surface area contributed by atoms with Gasteiger partial charge in [-0.3, -0.25) is 4.98 Å². The SMILES string of the molecule is CCC(C)N(CCOC)c1ccc(/C(N)=N/O)nc1. The molecule has 1 aromatic rings. The molecule has 0 saturated carbocycles. The molecule has 1 unspecified atom stereocenters. The lowest BCUT2D eigenvalue weighted by Gasteiger charge is -2.30. The van der Waals surface area contributed by atoms with Gasteiger partial charge in [-0.25, -0.2) is 0 Å². The number of nitrogens with two attached hydrogens (primary N) is 1. The number of methoxy groups -OCH3 is 1. The number of oxime groups is 1. The molecule has 0 fully saturated rings. The van der Waals surface area contributed by atoms with E-state index in [0.717, 1.165) is 18.7 Å². The van der Waals surface area contributed by atoms with Gasteiger partial charge in [0.2, 0.25) is 0 Å². The van der Waals surface area contributed by atoms with Crippen molar-refractivity contribution in [3.63, 3.8) is 0 Å². The molecule has 0 aliphatic carbocycles. The van der Waals surface area contributed by atoms with Gasteiger partial charge >= 0.3 is 0 Å². The summed E-state index contributed by atoms with van der Waals surface area (Å²) in [5.41, 5.74) is 6.95. The predicted octanol–water partition coefficient (Wildman–Crippen LogP) is 1.43. The molecule has 0 spiro atoms. The van der Waals surface area contributed by atoms with E-state index in [-0.39, 0.29) is 5.84 Å². The van der Waals surface area contributed by atoms with Gasteiger partial charge in [0.1, 0.15) is 5.69 Å². The fourth-order valence-electron chi connectivity index (χ4n) is 1.77. The molecule has 0 aromatic carbocycles. The van der Waals surface area contributed by atoms with Crippen molar-refractivity contribution in [2.24, 2.45) is 10.9 Å². The molecule has 1 atom stereocenters. The van der Waals surface area contributed by atoms with Crippen LogP contribution in [0.5, 0.6) is 0 Å². The maximum Gasteiger partial charge on any atom is 0.188 e. The summed E-state index contributed by atoms with van der Waals surface area (Å²) in [4.78, 5) is 6.43. The molecule has 19 heavy (non-hydrogen) atoms. The highest BCUT2D eigenvalue weighted by Crippen LogP contribution is 2.17. The molecule has 0 saturated heterocycles. The van der Waals surface area contributed by atoms with E-state index in [1.54, 1.807) is 19.4 Å². The molecule has 1 heterocycles. The average molecular weight is 266 g/mol. The third kappa shape index (κ3) is 4.10. The summed E-state index contributed by atoms with van der Waals surface area (Å²) >= 11 is 0. The summed E-state index contributed by atoms with van der Waals surface area (Å²) in [6.07, 6.45) is 2.76. The van der Waals surface area contributed by atoms with Crippen molar-refractivity contribution in [2.45, 2.75) is 26.3 Å². The van der Waals surface area contributed by atoms with Gasteiger partial charge < -0.3 is 20.6 Å². The predicted molar refractivity (Wildman–Crippen MR) is 75.7 cm³/mol. The normalized spacial score (nSPS) is 13.3. The van der Waals surface area contributed by atoms with Crippen molar-refractivity contribution >= 4 is 11.5 Å². The Morgan fingerprint density at radius 1 is 1.58 bits per heavy atom. The zero-order valence-corrected chi connectivity index (χ0v) is 11.7. The largest absolute Gasteiger partial charge is 0.409 e. The van der Waals surface area contributed by atoms with Crippen LogP contribution in [0, 0.1) is 0 Å². The van der Waals surface area contributed by atoms with Gasteiger partial charge in [0.05, 0.1) is 18.5 Å².